The minimum atomic E-state index is -4.96. The molecule has 12 heteroatoms. The van der Waals surface area contributed by atoms with Gasteiger partial charge in [-0.3, -0.25) is 19.7 Å². The maximum atomic E-state index is 11.6. The van der Waals surface area contributed by atoms with Crippen LogP contribution in [0.1, 0.15) is 0 Å². The van der Waals surface area contributed by atoms with Crippen LogP contribution in [0.3, 0.4) is 0 Å². The molecule has 0 spiro atoms. The Bertz CT molecular complexity index is 849. The molecular weight excluding hydrogens is 260 g/mol. The second-order valence-corrected chi connectivity index (χ2v) is 4.23. The Morgan fingerprint density at radius 1 is 1.12 bits per heavy atom. The average molecular weight is 264 g/mol. The van der Waals surface area contributed by atoms with Crippen molar-refractivity contribution in [3.05, 3.63) is 31.3 Å². The van der Waals surface area contributed by atoms with Gasteiger partial charge in [0.25, 0.3) is 5.56 Å². The first-order chi connectivity index (χ1) is 7.86. The van der Waals surface area contributed by atoms with Gasteiger partial charge in [-0.2, -0.15) is 8.42 Å². The summed E-state index contributed by atoms with van der Waals surface area (Å²) in [6, 6.07) is 0. The van der Waals surface area contributed by atoms with E-state index in [0.29, 0.717) is 0 Å². The van der Waals surface area contributed by atoms with Crippen molar-refractivity contribution in [1.29, 1.82) is 0 Å². The molecule has 0 bridgehead atoms. The monoisotopic (exact) mass is 264 g/mol. The van der Waals surface area contributed by atoms with E-state index >= 15 is 0 Å². The summed E-state index contributed by atoms with van der Waals surface area (Å²) in [6.07, 6.45) is 0. The van der Waals surface area contributed by atoms with Crippen LogP contribution >= 0.6 is 0 Å². The predicted octanol–water partition coefficient (Wildman–Crippen LogP) is -2.71. The van der Waals surface area contributed by atoms with E-state index in [0.717, 1.165) is 0 Å². The van der Waals surface area contributed by atoms with Gasteiger partial charge in [-0.05, 0) is 0 Å². The van der Waals surface area contributed by atoms with E-state index in [-0.39, 0.29) is 9.62 Å². The fourth-order valence-electron chi connectivity index (χ4n) is 1.23. The number of nitrogens with one attached hydrogen (secondary N) is 3. The molecule has 0 aliphatic heterocycles. The highest BCUT2D eigenvalue weighted by Crippen LogP contribution is 1.95. The molecule has 2 heterocycles. The van der Waals surface area contributed by atoms with Crippen LogP contribution in [0.2, 0.25) is 0 Å². The van der Waals surface area contributed by atoms with Crippen molar-refractivity contribution in [2.45, 2.75) is 0 Å². The van der Waals surface area contributed by atoms with Gasteiger partial charge in [0.05, 0.1) is 0 Å². The van der Waals surface area contributed by atoms with Gasteiger partial charge in [0.2, 0.25) is 0 Å². The number of H-pyrrole nitrogens is 3. The van der Waals surface area contributed by atoms with Gasteiger partial charge in [-0.15, -0.1) is 3.97 Å². The molecule has 0 fully saturated rings. The summed E-state index contributed by atoms with van der Waals surface area (Å²) in [5.41, 5.74) is -4.32. The van der Waals surface area contributed by atoms with E-state index in [1.807, 2.05) is 9.97 Å². The van der Waals surface area contributed by atoms with Crippen molar-refractivity contribution in [2.24, 2.45) is 0 Å². The molecule has 0 unspecified atom stereocenters. The summed E-state index contributed by atoms with van der Waals surface area (Å²) in [5, 5.41) is 8.09. The smallest absolute Gasteiger partial charge is 0.300 e. The normalized spacial score (nSPS) is 12.1. The third-order valence-corrected chi connectivity index (χ3v) is 2.83. The number of imidazole rings is 1. The highest BCUT2D eigenvalue weighted by atomic mass is 32.2. The molecule has 2 rings (SSSR count). The molecule has 0 aromatic carbocycles. The Kier molecular flexibility index (Phi) is 2.27. The minimum absolute atomic E-state index is 0.269. The summed E-state index contributed by atoms with van der Waals surface area (Å²) in [4.78, 5) is 39.6. The highest BCUT2D eigenvalue weighted by molar-refractivity contribution is 7.85. The standard InChI is InChI=1S/C5H4N4O7S/c10-3-1-2(7-4(11)6-1)8-5(12)9(3)17(14,15)16-13/h13H,(H,8,12)(H2,6,7,11). The SMILES string of the molecule is O=c1[nH]c2[nH]c(=O)n(S(=O)(=O)OO)c(=O)c2[nH]1. The Morgan fingerprint density at radius 2 is 1.76 bits per heavy atom. The Morgan fingerprint density at radius 3 is 2.35 bits per heavy atom. The van der Waals surface area contributed by atoms with E-state index < -0.39 is 32.8 Å². The van der Waals surface area contributed by atoms with Gasteiger partial charge in [0.1, 0.15) is 5.65 Å². The molecule has 92 valence electrons. The van der Waals surface area contributed by atoms with Crippen molar-refractivity contribution in [3.63, 3.8) is 0 Å². The zero-order chi connectivity index (χ0) is 12.8. The maximum absolute atomic E-state index is 11.6. The predicted molar refractivity (Wildman–Crippen MR) is 51.8 cm³/mol. The molecule has 2 aromatic heterocycles. The average Bonchev–Trinajstić information content (AvgIpc) is 2.58. The van der Waals surface area contributed by atoms with Gasteiger partial charge in [-0.25, -0.2) is 14.8 Å². The molecule has 4 N–H and O–H groups in total. The Hall–Kier alpha value is -2.18. The lowest BCUT2D eigenvalue weighted by atomic mass is 10.5. The van der Waals surface area contributed by atoms with Crippen molar-refractivity contribution in [1.82, 2.24) is 18.9 Å². The lowest BCUT2D eigenvalue weighted by Gasteiger charge is -2.00. The van der Waals surface area contributed by atoms with Gasteiger partial charge in [0.15, 0.2) is 5.52 Å². The molecule has 0 radical (unpaired) electrons. The zero-order valence-electron chi connectivity index (χ0n) is 7.75. The number of aromatic nitrogens is 4. The molecule has 17 heavy (non-hydrogen) atoms. The van der Waals surface area contributed by atoms with Crippen LogP contribution < -0.4 is 16.9 Å². The number of hydrogen-bond acceptors (Lipinski definition) is 7. The Labute approximate surface area is 90.5 Å². The number of hydrogen-bond donors (Lipinski definition) is 4. The van der Waals surface area contributed by atoms with Gasteiger partial charge >= 0.3 is 21.7 Å². The quantitative estimate of drug-likeness (QED) is 0.337. The maximum Gasteiger partial charge on any atom is 0.399 e. The van der Waals surface area contributed by atoms with Crippen molar-refractivity contribution >= 4 is 21.5 Å². The summed E-state index contributed by atoms with van der Waals surface area (Å²) >= 11 is 0. The van der Waals surface area contributed by atoms with E-state index in [1.165, 1.54) is 0 Å². The van der Waals surface area contributed by atoms with Crippen molar-refractivity contribution in [3.8, 4) is 0 Å². The van der Waals surface area contributed by atoms with Crippen molar-refractivity contribution < 1.29 is 18.0 Å². The summed E-state index contributed by atoms with van der Waals surface area (Å²) < 4.78 is 24.8. The first-order valence-electron chi connectivity index (χ1n) is 3.92. The lowest BCUT2D eigenvalue weighted by Crippen LogP contribution is -2.40. The van der Waals surface area contributed by atoms with Gasteiger partial charge < -0.3 is 0 Å². The van der Waals surface area contributed by atoms with Gasteiger partial charge in [-0.1, -0.05) is 4.33 Å². The van der Waals surface area contributed by atoms with Crippen LogP contribution in [0.4, 0.5) is 0 Å². The van der Waals surface area contributed by atoms with E-state index in [9.17, 15) is 22.8 Å². The molecule has 11 nitrogen and oxygen atoms in total. The molecular formula is C5H4N4O7S. The van der Waals surface area contributed by atoms with Crippen LogP contribution in [-0.2, 0) is 14.6 Å². The van der Waals surface area contributed by atoms with E-state index in [2.05, 4.69) is 9.32 Å². The fraction of sp³-hybridized carbons (Fsp3) is 0. The molecule has 0 aliphatic carbocycles. The lowest BCUT2D eigenvalue weighted by molar-refractivity contribution is -0.132. The molecule has 0 amide bonds. The third kappa shape index (κ3) is 1.59. The zero-order valence-corrected chi connectivity index (χ0v) is 8.57. The number of rotatable bonds is 2. The number of nitrogens with zero attached hydrogens (tertiary/aromatic N) is 1. The Balaban J connectivity index is 3.06. The summed E-state index contributed by atoms with van der Waals surface area (Å²) in [7, 11) is -4.96. The largest absolute Gasteiger partial charge is 0.399 e. The van der Waals surface area contributed by atoms with Crippen LogP contribution in [0, 0.1) is 0 Å². The fourth-order valence-corrected chi connectivity index (χ4v) is 1.84. The molecule has 0 aliphatic rings. The second kappa shape index (κ2) is 3.41. The van der Waals surface area contributed by atoms with Crippen molar-refractivity contribution in [2.75, 3.05) is 0 Å². The number of aromatic amines is 3. The first-order valence-corrected chi connectivity index (χ1v) is 5.29. The molecule has 0 atom stereocenters. The molecule has 0 saturated heterocycles. The van der Waals surface area contributed by atoms with Crippen LogP contribution in [0.15, 0.2) is 14.4 Å². The summed E-state index contributed by atoms with van der Waals surface area (Å²) in [5.74, 6) is 0. The topological polar surface area (TPSA) is 167 Å². The highest BCUT2D eigenvalue weighted by Gasteiger charge is 2.22. The molecule has 0 saturated carbocycles. The van der Waals surface area contributed by atoms with Crippen LogP contribution in [0.5, 0.6) is 0 Å². The number of fused-ring (bicyclic) bond motifs is 1. The van der Waals surface area contributed by atoms with Gasteiger partial charge in [0, 0.05) is 0 Å². The first kappa shape index (κ1) is 11.3. The van der Waals surface area contributed by atoms with Crippen LogP contribution in [-0.4, -0.2) is 32.6 Å². The minimum Gasteiger partial charge on any atom is -0.300 e. The third-order valence-electron chi connectivity index (χ3n) is 1.86. The summed E-state index contributed by atoms with van der Waals surface area (Å²) in [6.45, 7) is 0. The molecule has 2 aromatic rings. The second-order valence-electron chi connectivity index (χ2n) is 2.86. The van der Waals surface area contributed by atoms with E-state index in [1.54, 1.807) is 0 Å². The van der Waals surface area contributed by atoms with E-state index in [4.69, 9.17) is 5.26 Å². The van der Waals surface area contributed by atoms with Crippen LogP contribution in [0.25, 0.3) is 11.2 Å².